The predicted octanol–water partition coefficient (Wildman–Crippen LogP) is 4.97. The minimum absolute atomic E-state index is 0.606. The van der Waals surface area contributed by atoms with E-state index in [1.807, 2.05) is 0 Å². The molecule has 1 heterocycles. The lowest BCUT2D eigenvalue weighted by Crippen LogP contribution is -2.35. The van der Waals surface area contributed by atoms with Crippen LogP contribution in [0.1, 0.15) is 39.5 Å². The number of hydrogen-bond acceptors (Lipinski definition) is 3. The van der Waals surface area contributed by atoms with Gasteiger partial charge in [0.05, 0.1) is 6.20 Å². The second kappa shape index (κ2) is 6.33. The van der Waals surface area contributed by atoms with Crippen LogP contribution in [-0.2, 0) is 0 Å². The van der Waals surface area contributed by atoms with Crippen LogP contribution in [0.5, 0.6) is 0 Å². The first-order chi connectivity index (χ1) is 10.2. The summed E-state index contributed by atoms with van der Waals surface area (Å²) in [5, 5.41) is 3.74. The van der Waals surface area contributed by atoms with Crippen LogP contribution in [0.25, 0.3) is 11.3 Å². The quantitative estimate of drug-likeness (QED) is 0.861. The molecule has 1 aromatic carbocycles. The van der Waals surface area contributed by atoms with Gasteiger partial charge in [-0.2, -0.15) is 0 Å². The summed E-state index contributed by atoms with van der Waals surface area (Å²) in [4.78, 5) is 3.96. The van der Waals surface area contributed by atoms with Gasteiger partial charge < -0.3 is 9.73 Å². The summed E-state index contributed by atoms with van der Waals surface area (Å²) in [6.07, 6.45) is 8.58. The van der Waals surface area contributed by atoms with Crippen molar-refractivity contribution in [2.45, 2.75) is 45.6 Å². The molecule has 0 aliphatic heterocycles. The van der Waals surface area contributed by atoms with Crippen molar-refractivity contribution < 1.29 is 4.42 Å². The van der Waals surface area contributed by atoms with Gasteiger partial charge in [0.15, 0.2) is 12.2 Å². The standard InChI is InChI=1S/C18H24N2O/c1-13(2)16-5-3-4-6-17(16)20-15-9-7-14(8-10-15)18-11-19-12-21-18/h7-13,16-17,20H,3-6H2,1-2H3. The van der Waals surface area contributed by atoms with Gasteiger partial charge >= 0.3 is 0 Å². The second-order valence-corrected chi connectivity index (χ2v) is 6.39. The zero-order valence-electron chi connectivity index (χ0n) is 12.9. The van der Waals surface area contributed by atoms with E-state index in [0.717, 1.165) is 23.2 Å². The van der Waals surface area contributed by atoms with E-state index < -0.39 is 0 Å². The number of benzene rings is 1. The molecule has 2 unspecified atom stereocenters. The molecule has 1 aliphatic rings. The second-order valence-electron chi connectivity index (χ2n) is 6.39. The maximum atomic E-state index is 5.33. The van der Waals surface area contributed by atoms with Gasteiger partial charge in [0.1, 0.15) is 0 Å². The molecule has 1 fully saturated rings. The summed E-state index contributed by atoms with van der Waals surface area (Å²) >= 11 is 0. The molecule has 1 aliphatic carbocycles. The fraction of sp³-hybridized carbons (Fsp3) is 0.500. The zero-order valence-corrected chi connectivity index (χ0v) is 12.9. The lowest BCUT2D eigenvalue weighted by atomic mass is 9.78. The molecule has 3 heteroatoms. The Morgan fingerprint density at radius 3 is 2.57 bits per heavy atom. The Morgan fingerprint density at radius 1 is 1.14 bits per heavy atom. The fourth-order valence-corrected chi connectivity index (χ4v) is 3.44. The Morgan fingerprint density at radius 2 is 1.90 bits per heavy atom. The highest BCUT2D eigenvalue weighted by molar-refractivity contribution is 5.60. The molecule has 0 amide bonds. The number of aromatic nitrogens is 1. The molecule has 0 spiro atoms. The third-order valence-corrected chi connectivity index (χ3v) is 4.63. The van der Waals surface area contributed by atoms with Crippen molar-refractivity contribution in [3.63, 3.8) is 0 Å². The van der Waals surface area contributed by atoms with Crippen LogP contribution in [0, 0.1) is 11.8 Å². The molecule has 3 nitrogen and oxygen atoms in total. The highest BCUT2D eigenvalue weighted by Gasteiger charge is 2.27. The van der Waals surface area contributed by atoms with Gasteiger partial charge in [0.2, 0.25) is 0 Å². The molecule has 1 saturated carbocycles. The minimum Gasteiger partial charge on any atom is -0.444 e. The first kappa shape index (κ1) is 14.2. The van der Waals surface area contributed by atoms with Crippen molar-refractivity contribution in [3.8, 4) is 11.3 Å². The number of nitrogens with one attached hydrogen (secondary N) is 1. The van der Waals surface area contributed by atoms with Crippen molar-refractivity contribution in [1.82, 2.24) is 4.98 Å². The average molecular weight is 284 g/mol. The molecule has 2 atom stereocenters. The van der Waals surface area contributed by atoms with Crippen molar-refractivity contribution in [3.05, 3.63) is 36.9 Å². The number of rotatable bonds is 4. The molecule has 0 saturated heterocycles. The van der Waals surface area contributed by atoms with E-state index in [2.05, 4.69) is 48.4 Å². The van der Waals surface area contributed by atoms with Gasteiger partial charge in [0, 0.05) is 17.3 Å². The summed E-state index contributed by atoms with van der Waals surface area (Å²) in [7, 11) is 0. The zero-order chi connectivity index (χ0) is 14.7. The molecular formula is C18H24N2O. The van der Waals surface area contributed by atoms with E-state index in [4.69, 9.17) is 4.42 Å². The molecule has 2 aromatic rings. The highest BCUT2D eigenvalue weighted by Crippen LogP contribution is 2.32. The minimum atomic E-state index is 0.606. The van der Waals surface area contributed by atoms with E-state index in [0.29, 0.717) is 6.04 Å². The summed E-state index contributed by atoms with van der Waals surface area (Å²) in [5.41, 5.74) is 2.28. The topological polar surface area (TPSA) is 38.1 Å². The SMILES string of the molecule is CC(C)C1CCCCC1Nc1ccc(-c2cnco2)cc1. The average Bonchev–Trinajstić information content (AvgIpc) is 3.03. The number of hydrogen-bond donors (Lipinski definition) is 1. The van der Waals surface area contributed by atoms with Gasteiger partial charge in [-0.15, -0.1) is 0 Å². The van der Waals surface area contributed by atoms with Crippen molar-refractivity contribution >= 4 is 5.69 Å². The number of oxazole rings is 1. The fourth-order valence-electron chi connectivity index (χ4n) is 3.44. The lowest BCUT2D eigenvalue weighted by Gasteiger charge is -2.35. The van der Waals surface area contributed by atoms with Crippen LogP contribution < -0.4 is 5.32 Å². The summed E-state index contributed by atoms with van der Waals surface area (Å²) in [6, 6.07) is 9.08. The number of anilines is 1. The Bertz CT molecular complexity index is 545. The van der Waals surface area contributed by atoms with E-state index in [1.165, 1.54) is 37.8 Å². The van der Waals surface area contributed by atoms with Crippen LogP contribution >= 0.6 is 0 Å². The lowest BCUT2D eigenvalue weighted by molar-refractivity contribution is 0.254. The third kappa shape index (κ3) is 3.29. The molecule has 0 bridgehead atoms. The molecule has 1 aromatic heterocycles. The predicted molar refractivity (Wildman–Crippen MR) is 86.1 cm³/mol. The maximum Gasteiger partial charge on any atom is 0.181 e. The van der Waals surface area contributed by atoms with E-state index >= 15 is 0 Å². The van der Waals surface area contributed by atoms with Gasteiger partial charge in [-0.25, -0.2) is 4.98 Å². The summed E-state index contributed by atoms with van der Waals surface area (Å²) in [6.45, 7) is 4.69. The molecule has 112 valence electrons. The van der Waals surface area contributed by atoms with Crippen LogP contribution in [-0.4, -0.2) is 11.0 Å². The van der Waals surface area contributed by atoms with Crippen molar-refractivity contribution in [2.24, 2.45) is 11.8 Å². The maximum absolute atomic E-state index is 5.33. The molecule has 3 rings (SSSR count). The Kier molecular flexibility index (Phi) is 4.28. The number of nitrogens with zero attached hydrogens (tertiary/aromatic N) is 1. The Balaban J connectivity index is 1.69. The normalized spacial score (nSPS) is 22.4. The molecule has 1 N–H and O–H groups in total. The molecular weight excluding hydrogens is 260 g/mol. The van der Waals surface area contributed by atoms with Gasteiger partial charge in [0.25, 0.3) is 0 Å². The van der Waals surface area contributed by atoms with Crippen molar-refractivity contribution in [2.75, 3.05) is 5.32 Å². The van der Waals surface area contributed by atoms with E-state index in [-0.39, 0.29) is 0 Å². The molecule has 21 heavy (non-hydrogen) atoms. The van der Waals surface area contributed by atoms with Crippen molar-refractivity contribution in [1.29, 1.82) is 0 Å². The van der Waals surface area contributed by atoms with Crippen LogP contribution in [0.2, 0.25) is 0 Å². The van der Waals surface area contributed by atoms with Crippen LogP contribution in [0.3, 0.4) is 0 Å². The van der Waals surface area contributed by atoms with Gasteiger partial charge in [-0.3, -0.25) is 0 Å². The molecule has 0 radical (unpaired) electrons. The van der Waals surface area contributed by atoms with Crippen LogP contribution in [0.4, 0.5) is 5.69 Å². The highest BCUT2D eigenvalue weighted by atomic mass is 16.3. The summed E-state index contributed by atoms with van der Waals surface area (Å²) in [5.74, 6) is 2.35. The van der Waals surface area contributed by atoms with Crippen LogP contribution in [0.15, 0.2) is 41.3 Å². The Hall–Kier alpha value is -1.77. The Labute approximate surface area is 126 Å². The largest absolute Gasteiger partial charge is 0.444 e. The summed E-state index contributed by atoms with van der Waals surface area (Å²) < 4.78 is 5.33. The smallest absolute Gasteiger partial charge is 0.181 e. The first-order valence-electron chi connectivity index (χ1n) is 7.99. The van der Waals surface area contributed by atoms with E-state index in [9.17, 15) is 0 Å². The van der Waals surface area contributed by atoms with Gasteiger partial charge in [-0.1, -0.05) is 26.7 Å². The monoisotopic (exact) mass is 284 g/mol. The first-order valence-corrected chi connectivity index (χ1v) is 7.99. The third-order valence-electron chi connectivity index (χ3n) is 4.63. The van der Waals surface area contributed by atoms with Gasteiger partial charge in [-0.05, 0) is 48.9 Å². The van der Waals surface area contributed by atoms with E-state index in [1.54, 1.807) is 6.20 Å².